The van der Waals surface area contributed by atoms with Crippen molar-refractivity contribution in [1.29, 1.82) is 0 Å². The van der Waals surface area contributed by atoms with E-state index in [1.807, 2.05) is 44.2 Å². The van der Waals surface area contributed by atoms with Crippen molar-refractivity contribution in [2.45, 2.75) is 52.2 Å². The second-order valence-electron chi connectivity index (χ2n) is 11.8. The molecule has 0 bridgehead atoms. The summed E-state index contributed by atoms with van der Waals surface area (Å²) in [5.41, 5.74) is 8.04. The SMILES string of the molecule is CCOc1ccccc1-c1ccc2c(c1)C=C(C(=O)Nc1ccc(CN(C)C3CCOCC3)cc1)CCN2Cc1csc(C)n1. The Morgan fingerprint density at radius 2 is 1.91 bits per heavy atom. The van der Waals surface area contributed by atoms with Crippen molar-refractivity contribution in [3.63, 3.8) is 0 Å². The number of nitrogens with one attached hydrogen (secondary N) is 1. The molecule has 2 aliphatic heterocycles. The molecule has 0 spiro atoms. The van der Waals surface area contributed by atoms with Crippen molar-refractivity contribution < 1.29 is 14.3 Å². The summed E-state index contributed by atoms with van der Waals surface area (Å²) in [4.78, 5) is 23.2. The Labute approximate surface area is 270 Å². The van der Waals surface area contributed by atoms with E-state index in [0.29, 0.717) is 25.6 Å². The number of benzene rings is 3. The normalized spacial score (nSPS) is 15.4. The number of carbonyl (C=O) groups excluding carboxylic acids is 1. The number of rotatable bonds is 10. The van der Waals surface area contributed by atoms with E-state index in [4.69, 9.17) is 14.5 Å². The summed E-state index contributed by atoms with van der Waals surface area (Å²) in [5, 5.41) is 6.35. The van der Waals surface area contributed by atoms with E-state index in [-0.39, 0.29) is 5.91 Å². The van der Waals surface area contributed by atoms with Crippen molar-refractivity contribution >= 4 is 34.7 Å². The molecule has 45 heavy (non-hydrogen) atoms. The lowest BCUT2D eigenvalue weighted by molar-refractivity contribution is -0.112. The number of thiazole rings is 1. The number of aromatic nitrogens is 1. The van der Waals surface area contributed by atoms with Crippen molar-refractivity contribution in [1.82, 2.24) is 9.88 Å². The zero-order chi connectivity index (χ0) is 31.2. The average molecular weight is 623 g/mol. The standard InChI is InChI=1S/C37H42N4O3S/c1-4-44-36-8-6-5-7-34(36)28-11-14-35-30(21-28)22-29(15-18-41(35)24-32-25-45-26(2)38-32)37(42)39-31-12-9-27(10-13-31)23-40(3)33-16-19-43-20-17-33/h5-14,21-22,25,33H,4,15-20,23-24H2,1-3H3,(H,39,42). The molecule has 4 aromatic rings. The van der Waals surface area contributed by atoms with Crippen LogP contribution in [0.5, 0.6) is 5.75 Å². The molecule has 2 aliphatic rings. The maximum absolute atomic E-state index is 13.7. The number of carbonyl (C=O) groups is 1. The maximum atomic E-state index is 13.7. The van der Waals surface area contributed by atoms with Gasteiger partial charge in [-0.2, -0.15) is 0 Å². The van der Waals surface area contributed by atoms with Crippen molar-refractivity contribution in [2.75, 3.05) is 43.6 Å². The molecule has 3 heterocycles. The summed E-state index contributed by atoms with van der Waals surface area (Å²) in [5.74, 6) is 0.784. The van der Waals surface area contributed by atoms with Crippen LogP contribution in [0.25, 0.3) is 17.2 Å². The zero-order valence-corrected chi connectivity index (χ0v) is 27.2. The Kier molecular flexibility index (Phi) is 9.94. The molecule has 1 fully saturated rings. The fourth-order valence-electron chi connectivity index (χ4n) is 6.22. The van der Waals surface area contributed by atoms with Gasteiger partial charge in [0.15, 0.2) is 0 Å². The third-order valence-electron chi connectivity index (χ3n) is 8.62. The van der Waals surface area contributed by atoms with Crippen molar-refractivity contribution in [2.24, 2.45) is 0 Å². The molecular weight excluding hydrogens is 580 g/mol. The molecule has 1 saturated heterocycles. The van der Waals surface area contributed by atoms with E-state index in [1.165, 1.54) is 5.56 Å². The highest BCUT2D eigenvalue weighted by Crippen LogP contribution is 2.36. The fraction of sp³-hybridized carbons (Fsp3) is 0.351. The lowest BCUT2D eigenvalue weighted by Crippen LogP contribution is -2.36. The van der Waals surface area contributed by atoms with E-state index >= 15 is 0 Å². The second-order valence-corrected chi connectivity index (χ2v) is 12.9. The number of para-hydroxylation sites is 1. The van der Waals surface area contributed by atoms with Crippen LogP contribution >= 0.6 is 11.3 Å². The van der Waals surface area contributed by atoms with Crippen LogP contribution in [0.4, 0.5) is 11.4 Å². The lowest BCUT2D eigenvalue weighted by Gasteiger charge is -2.31. The Balaban J connectivity index is 1.23. The zero-order valence-electron chi connectivity index (χ0n) is 26.4. The summed E-state index contributed by atoms with van der Waals surface area (Å²) >= 11 is 1.67. The van der Waals surface area contributed by atoms with Gasteiger partial charge in [0, 0.05) is 60.2 Å². The van der Waals surface area contributed by atoms with Gasteiger partial charge in [0.25, 0.3) is 5.91 Å². The van der Waals surface area contributed by atoms with Crippen molar-refractivity contribution in [3.05, 3.63) is 99.5 Å². The summed E-state index contributed by atoms with van der Waals surface area (Å²) in [6.07, 6.45) is 4.83. The topological polar surface area (TPSA) is 66.9 Å². The van der Waals surface area contributed by atoms with Crippen LogP contribution in [0.2, 0.25) is 0 Å². The molecule has 1 N–H and O–H groups in total. The Bertz CT molecular complexity index is 1640. The minimum absolute atomic E-state index is 0.0699. The molecule has 234 valence electrons. The van der Waals surface area contributed by atoms with E-state index in [0.717, 1.165) is 89.2 Å². The minimum Gasteiger partial charge on any atom is -0.493 e. The molecule has 0 saturated carbocycles. The molecule has 1 aromatic heterocycles. The Hall–Kier alpha value is -3.98. The molecule has 0 atom stereocenters. The van der Waals surface area contributed by atoms with Gasteiger partial charge in [0.2, 0.25) is 0 Å². The van der Waals surface area contributed by atoms with E-state index in [9.17, 15) is 4.79 Å². The number of anilines is 2. The first-order valence-electron chi connectivity index (χ1n) is 15.9. The number of fused-ring (bicyclic) bond motifs is 1. The third-order valence-corrected chi connectivity index (χ3v) is 9.44. The van der Waals surface area contributed by atoms with Gasteiger partial charge in [0.05, 0.1) is 23.9 Å². The predicted octanol–water partition coefficient (Wildman–Crippen LogP) is 7.56. The number of ether oxygens (including phenoxy) is 2. The molecule has 0 radical (unpaired) electrons. The first-order chi connectivity index (χ1) is 22.0. The number of hydrogen-bond donors (Lipinski definition) is 1. The third kappa shape index (κ3) is 7.64. The second kappa shape index (κ2) is 14.4. The van der Waals surface area contributed by atoms with Gasteiger partial charge in [-0.3, -0.25) is 9.69 Å². The van der Waals surface area contributed by atoms with Gasteiger partial charge in [-0.1, -0.05) is 36.4 Å². The first kappa shape index (κ1) is 31.0. The van der Waals surface area contributed by atoms with Gasteiger partial charge in [-0.15, -0.1) is 11.3 Å². The summed E-state index contributed by atoms with van der Waals surface area (Å²) in [6, 6.07) is 23.4. The van der Waals surface area contributed by atoms with Crippen LogP contribution in [0, 0.1) is 6.92 Å². The van der Waals surface area contributed by atoms with Gasteiger partial charge >= 0.3 is 0 Å². The lowest BCUT2D eigenvalue weighted by atomic mass is 9.99. The van der Waals surface area contributed by atoms with Gasteiger partial charge in [-0.25, -0.2) is 4.98 Å². The highest BCUT2D eigenvalue weighted by atomic mass is 32.1. The van der Waals surface area contributed by atoms with Crippen molar-refractivity contribution in [3.8, 4) is 16.9 Å². The average Bonchev–Trinajstić information content (AvgIpc) is 3.38. The van der Waals surface area contributed by atoms with Crippen LogP contribution in [-0.4, -0.2) is 55.2 Å². The summed E-state index contributed by atoms with van der Waals surface area (Å²) < 4.78 is 11.5. The Morgan fingerprint density at radius 1 is 1.11 bits per heavy atom. The van der Waals surface area contributed by atoms with Crippen LogP contribution in [0.15, 0.2) is 77.7 Å². The molecule has 8 heteroatoms. The Morgan fingerprint density at radius 3 is 2.67 bits per heavy atom. The molecule has 7 nitrogen and oxygen atoms in total. The fourth-order valence-corrected chi connectivity index (χ4v) is 6.82. The number of aryl methyl sites for hydroxylation is 1. The minimum atomic E-state index is -0.0699. The largest absolute Gasteiger partial charge is 0.493 e. The molecule has 6 rings (SSSR count). The van der Waals surface area contributed by atoms with Crippen LogP contribution in [0.1, 0.15) is 48.0 Å². The molecular formula is C37H42N4O3S. The highest BCUT2D eigenvalue weighted by Gasteiger charge is 2.22. The summed E-state index contributed by atoms with van der Waals surface area (Å²) in [7, 11) is 2.18. The molecule has 0 aliphatic carbocycles. The maximum Gasteiger partial charge on any atom is 0.251 e. The van der Waals surface area contributed by atoms with Gasteiger partial charge in [0.1, 0.15) is 5.75 Å². The van der Waals surface area contributed by atoms with E-state index < -0.39 is 0 Å². The van der Waals surface area contributed by atoms with E-state index in [1.54, 1.807) is 11.3 Å². The van der Waals surface area contributed by atoms with Gasteiger partial charge < -0.3 is 19.7 Å². The number of hydrogen-bond acceptors (Lipinski definition) is 7. The molecule has 1 amide bonds. The number of amides is 1. The number of nitrogens with zero attached hydrogens (tertiary/aromatic N) is 3. The van der Waals surface area contributed by atoms with Crippen LogP contribution in [0.3, 0.4) is 0 Å². The van der Waals surface area contributed by atoms with Crippen LogP contribution < -0.4 is 15.0 Å². The van der Waals surface area contributed by atoms with Crippen LogP contribution in [-0.2, 0) is 22.6 Å². The van der Waals surface area contributed by atoms with Gasteiger partial charge in [-0.05, 0) is 93.3 Å². The predicted molar refractivity (Wildman–Crippen MR) is 184 cm³/mol. The monoisotopic (exact) mass is 622 g/mol. The smallest absolute Gasteiger partial charge is 0.251 e. The first-order valence-corrected chi connectivity index (χ1v) is 16.8. The highest BCUT2D eigenvalue weighted by molar-refractivity contribution is 7.09. The summed E-state index contributed by atoms with van der Waals surface area (Å²) in [6.45, 7) is 8.60. The molecule has 3 aromatic carbocycles. The molecule has 0 unspecified atom stereocenters. The quantitative estimate of drug-likeness (QED) is 0.197. The van der Waals surface area contributed by atoms with E-state index in [2.05, 4.69) is 70.0 Å².